The lowest BCUT2D eigenvalue weighted by Gasteiger charge is -2.32. The van der Waals surface area contributed by atoms with Crippen LogP contribution < -0.4 is 5.56 Å². The predicted molar refractivity (Wildman–Crippen MR) is 105 cm³/mol. The highest BCUT2D eigenvalue weighted by atomic mass is 16.2. The maximum atomic E-state index is 12.8. The van der Waals surface area contributed by atoms with Crippen molar-refractivity contribution >= 4 is 11.7 Å². The molecule has 142 valence electrons. The largest absolute Gasteiger partial charge is 0.338 e. The molecule has 0 spiro atoms. The van der Waals surface area contributed by atoms with Crippen LogP contribution in [0.4, 0.5) is 0 Å². The molecule has 1 fully saturated rings. The monoisotopic (exact) mass is 366 g/mol. The number of aromatic amines is 1. The maximum Gasteiger partial charge on any atom is 0.261 e. The number of nitrogens with one attached hydrogen (secondary N) is 1. The van der Waals surface area contributed by atoms with Gasteiger partial charge in [-0.3, -0.25) is 14.4 Å². The highest BCUT2D eigenvalue weighted by molar-refractivity contribution is 5.94. The van der Waals surface area contributed by atoms with Gasteiger partial charge in [-0.15, -0.1) is 0 Å². The second-order valence-corrected chi connectivity index (χ2v) is 7.53. The van der Waals surface area contributed by atoms with E-state index in [4.69, 9.17) is 0 Å². The summed E-state index contributed by atoms with van der Waals surface area (Å²) in [4.78, 5) is 42.2. The summed E-state index contributed by atoms with van der Waals surface area (Å²) in [6, 6.07) is 13.1. The number of benzene rings is 1. The Morgan fingerprint density at radius 1 is 1.15 bits per heavy atom. The van der Waals surface area contributed by atoms with Crippen molar-refractivity contribution in [3.8, 4) is 0 Å². The summed E-state index contributed by atoms with van der Waals surface area (Å²) in [6.45, 7) is 4.94. The maximum absolute atomic E-state index is 12.8. The van der Waals surface area contributed by atoms with Crippen LogP contribution in [0.2, 0.25) is 0 Å². The number of Topliss-reactive ketones (excluding diaryl/α,β-unsaturated/α-hetero) is 1. The summed E-state index contributed by atoms with van der Waals surface area (Å²) in [5.41, 5.74) is 1.59. The first-order chi connectivity index (χ1) is 13.0. The van der Waals surface area contributed by atoms with Crippen LogP contribution in [-0.2, 0) is 11.2 Å². The van der Waals surface area contributed by atoms with E-state index in [0.717, 1.165) is 24.1 Å². The van der Waals surface area contributed by atoms with E-state index in [2.05, 4.69) is 4.98 Å². The zero-order valence-corrected chi connectivity index (χ0v) is 15.9. The van der Waals surface area contributed by atoms with Gasteiger partial charge in [-0.05, 0) is 36.5 Å². The number of carbonyl (C=O) groups excluding carboxylic acids is 2. The SMILES string of the molecule is CC(C)c1ccc(C(=O)N2CCCC(C(=O)Cc3ccccc3)C2)c(=O)[nH]1. The van der Waals surface area contributed by atoms with Crippen molar-refractivity contribution in [3.63, 3.8) is 0 Å². The number of hydrogen-bond acceptors (Lipinski definition) is 3. The number of hydrogen-bond donors (Lipinski definition) is 1. The summed E-state index contributed by atoms with van der Waals surface area (Å²) in [5, 5.41) is 0. The number of pyridine rings is 1. The molecule has 1 amide bonds. The molecule has 1 unspecified atom stereocenters. The lowest BCUT2D eigenvalue weighted by atomic mass is 9.90. The third kappa shape index (κ3) is 4.54. The molecular weight excluding hydrogens is 340 g/mol. The van der Waals surface area contributed by atoms with Gasteiger partial charge in [0.25, 0.3) is 11.5 Å². The lowest BCUT2D eigenvalue weighted by molar-refractivity contribution is -0.123. The Morgan fingerprint density at radius 3 is 2.56 bits per heavy atom. The molecule has 1 aliphatic heterocycles. The van der Waals surface area contributed by atoms with Gasteiger partial charge >= 0.3 is 0 Å². The number of rotatable bonds is 5. The number of aromatic nitrogens is 1. The number of H-pyrrole nitrogens is 1. The fraction of sp³-hybridized carbons (Fsp3) is 0.409. The van der Waals surface area contributed by atoms with Gasteiger partial charge in [-0.2, -0.15) is 0 Å². The molecule has 1 aliphatic rings. The summed E-state index contributed by atoms with van der Waals surface area (Å²) in [7, 11) is 0. The van der Waals surface area contributed by atoms with Gasteiger partial charge in [0.1, 0.15) is 11.3 Å². The second-order valence-electron chi connectivity index (χ2n) is 7.53. The van der Waals surface area contributed by atoms with Crippen molar-refractivity contribution in [1.29, 1.82) is 0 Å². The third-order valence-electron chi connectivity index (χ3n) is 5.17. The minimum atomic E-state index is -0.357. The van der Waals surface area contributed by atoms with Crippen LogP contribution in [0.1, 0.15) is 54.2 Å². The van der Waals surface area contributed by atoms with Crippen molar-refractivity contribution in [2.75, 3.05) is 13.1 Å². The average molecular weight is 366 g/mol. The molecule has 2 aromatic rings. The smallest absolute Gasteiger partial charge is 0.261 e. The number of piperidine rings is 1. The first-order valence-corrected chi connectivity index (χ1v) is 9.55. The first-order valence-electron chi connectivity index (χ1n) is 9.55. The summed E-state index contributed by atoms with van der Waals surface area (Å²) >= 11 is 0. The van der Waals surface area contributed by atoms with Crippen LogP contribution in [0.3, 0.4) is 0 Å². The molecule has 3 rings (SSSR count). The standard InChI is InChI=1S/C22H26N2O3/c1-15(2)19-11-10-18(21(26)23-19)22(27)24-12-6-9-17(14-24)20(25)13-16-7-4-3-5-8-16/h3-5,7-8,10-11,15,17H,6,9,12-14H2,1-2H3,(H,23,26). The molecule has 0 aliphatic carbocycles. The molecule has 0 radical (unpaired) electrons. The molecular formula is C22H26N2O3. The van der Waals surface area contributed by atoms with Gasteiger partial charge in [0.05, 0.1) is 0 Å². The Bertz CT molecular complexity index is 871. The van der Waals surface area contributed by atoms with Crippen LogP contribution in [0, 0.1) is 5.92 Å². The van der Waals surface area contributed by atoms with E-state index in [1.165, 1.54) is 0 Å². The lowest BCUT2D eigenvalue weighted by Crippen LogP contribution is -2.44. The minimum Gasteiger partial charge on any atom is -0.338 e. The fourth-order valence-electron chi connectivity index (χ4n) is 3.53. The van der Waals surface area contributed by atoms with E-state index in [-0.39, 0.29) is 34.6 Å². The summed E-state index contributed by atoms with van der Waals surface area (Å²) in [6.07, 6.45) is 1.95. The van der Waals surface area contributed by atoms with Crippen molar-refractivity contribution in [2.45, 2.75) is 39.0 Å². The number of amides is 1. The second kappa shape index (κ2) is 8.33. The van der Waals surface area contributed by atoms with Crippen LogP contribution in [0.15, 0.2) is 47.3 Å². The molecule has 1 aromatic heterocycles. The van der Waals surface area contributed by atoms with Gasteiger partial charge in [0.2, 0.25) is 0 Å². The van der Waals surface area contributed by atoms with Crippen LogP contribution >= 0.6 is 0 Å². The number of nitrogens with zero attached hydrogens (tertiary/aromatic N) is 1. The van der Waals surface area contributed by atoms with E-state index in [0.29, 0.717) is 19.5 Å². The Labute approximate surface area is 159 Å². The fourth-order valence-corrected chi connectivity index (χ4v) is 3.53. The van der Waals surface area contributed by atoms with Crippen molar-refractivity contribution in [1.82, 2.24) is 9.88 Å². The topological polar surface area (TPSA) is 70.2 Å². The Kier molecular flexibility index (Phi) is 5.89. The normalized spacial score (nSPS) is 17.1. The Balaban J connectivity index is 1.69. The van der Waals surface area contributed by atoms with Gasteiger partial charge in [-0.25, -0.2) is 0 Å². The average Bonchev–Trinajstić information content (AvgIpc) is 2.68. The molecule has 0 saturated carbocycles. The molecule has 1 saturated heterocycles. The van der Waals surface area contributed by atoms with Crippen LogP contribution in [0.25, 0.3) is 0 Å². The molecule has 27 heavy (non-hydrogen) atoms. The summed E-state index contributed by atoms with van der Waals surface area (Å²) in [5.74, 6) is -0.111. The first kappa shape index (κ1) is 19.1. The zero-order chi connectivity index (χ0) is 19.4. The van der Waals surface area contributed by atoms with E-state index >= 15 is 0 Å². The highest BCUT2D eigenvalue weighted by Gasteiger charge is 2.29. The van der Waals surface area contributed by atoms with E-state index in [9.17, 15) is 14.4 Å². The molecule has 5 nitrogen and oxygen atoms in total. The van der Waals surface area contributed by atoms with Crippen LogP contribution in [0.5, 0.6) is 0 Å². The molecule has 2 heterocycles. The van der Waals surface area contributed by atoms with E-state index in [1.807, 2.05) is 44.2 Å². The highest BCUT2D eigenvalue weighted by Crippen LogP contribution is 2.21. The van der Waals surface area contributed by atoms with Gasteiger partial charge in [0, 0.05) is 31.1 Å². The van der Waals surface area contributed by atoms with Crippen molar-refractivity contribution < 1.29 is 9.59 Å². The molecule has 1 N–H and O–H groups in total. The zero-order valence-electron chi connectivity index (χ0n) is 15.9. The predicted octanol–water partition coefficient (Wildman–Crippen LogP) is 3.16. The van der Waals surface area contributed by atoms with Gasteiger partial charge < -0.3 is 9.88 Å². The third-order valence-corrected chi connectivity index (χ3v) is 5.17. The minimum absolute atomic E-state index is 0.149. The van der Waals surface area contributed by atoms with Crippen LogP contribution in [-0.4, -0.2) is 34.7 Å². The molecule has 5 heteroatoms. The number of carbonyl (C=O) groups is 2. The summed E-state index contributed by atoms with van der Waals surface area (Å²) < 4.78 is 0. The van der Waals surface area contributed by atoms with E-state index < -0.39 is 0 Å². The number of likely N-dealkylation sites (tertiary alicyclic amines) is 1. The van der Waals surface area contributed by atoms with Gasteiger partial charge in [0.15, 0.2) is 0 Å². The Hall–Kier alpha value is -2.69. The van der Waals surface area contributed by atoms with Crippen molar-refractivity contribution in [3.05, 3.63) is 69.6 Å². The molecule has 1 atom stereocenters. The molecule has 1 aromatic carbocycles. The van der Waals surface area contributed by atoms with Gasteiger partial charge in [-0.1, -0.05) is 44.2 Å². The van der Waals surface area contributed by atoms with E-state index in [1.54, 1.807) is 17.0 Å². The quantitative estimate of drug-likeness (QED) is 0.884. The number of ketones is 1. The Morgan fingerprint density at radius 2 is 1.89 bits per heavy atom. The van der Waals surface area contributed by atoms with Crippen molar-refractivity contribution in [2.24, 2.45) is 5.92 Å². The molecule has 0 bridgehead atoms.